The Kier molecular flexibility index (Phi) is 4.97. The van der Waals surface area contributed by atoms with Gasteiger partial charge >= 0.3 is 5.97 Å². The molecule has 0 heterocycles. The second-order valence-corrected chi connectivity index (χ2v) is 4.20. The van der Waals surface area contributed by atoms with E-state index >= 15 is 0 Å². The highest BCUT2D eigenvalue weighted by Crippen LogP contribution is 2.20. The summed E-state index contributed by atoms with van der Waals surface area (Å²) in [5, 5.41) is 0.296. The van der Waals surface area contributed by atoms with Gasteiger partial charge in [-0.2, -0.15) is 0 Å². The van der Waals surface area contributed by atoms with Gasteiger partial charge in [-0.3, -0.25) is 9.59 Å². The Morgan fingerprint density at radius 3 is 2.67 bits per heavy atom. The van der Waals surface area contributed by atoms with Crippen molar-refractivity contribution < 1.29 is 14.3 Å². The number of rotatable bonds is 4. The van der Waals surface area contributed by atoms with E-state index in [0.29, 0.717) is 16.3 Å². The molecule has 0 unspecified atom stereocenters. The topological polar surface area (TPSA) is 72.6 Å². The Labute approximate surface area is 110 Å². The molecule has 0 radical (unpaired) electrons. The number of hydrogen-bond donors (Lipinski definition) is 1. The number of halogens is 1. The Morgan fingerprint density at radius 2 is 2.11 bits per heavy atom. The molecule has 2 N–H and O–H groups in total. The van der Waals surface area contributed by atoms with E-state index in [-0.39, 0.29) is 24.8 Å². The molecule has 1 aromatic carbocycles. The second-order valence-electron chi connectivity index (χ2n) is 3.79. The Balaban J connectivity index is 2.71. The lowest BCUT2D eigenvalue weighted by atomic mass is 10.2. The van der Waals surface area contributed by atoms with Gasteiger partial charge in [0, 0.05) is 19.3 Å². The second kappa shape index (κ2) is 6.26. The molecule has 0 aliphatic heterocycles. The van der Waals surface area contributed by atoms with Crippen LogP contribution in [0.1, 0.15) is 16.8 Å². The molecule has 6 heteroatoms. The van der Waals surface area contributed by atoms with Crippen LogP contribution in [-0.2, 0) is 9.53 Å². The van der Waals surface area contributed by atoms with Gasteiger partial charge in [0.05, 0.1) is 24.1 Å². The standard InChI is InChI=1S/C12H15ClN2O3/c1-15(6-5-11(16)18-2)12(17)9-4-3-8(14)7-10(9)13/h3-4,7H,5-6,14H2,1-2H3. The summed E-state index contributed by atoms with van der Waals surface area (Å²) >= 11 is 5.94. The smallest absolute Gasteiger partial charge is 0.307 e. The molecule has 98 valence electrons. The Morgan fingerprint density at radius 1 is 1.44 bits per heavy atom. The van der Waals surface area contributed by atoms with E-state index < -0.39 is 0 Å². The Hall–Kier alpha value is -1.75. The molecule has 0 saturated heterocycles. The van der Waals surface area contributed by atoms with Crippen LogP contribution in [0.25, 0.3) is 0 Å². The molecule has 0 spiro atoms. The van der Waals surface area contributed by atoms with E-state index in [4.69, 9.17) is 17.3 Å². The van der Waals surface area contributed by atoms with Crippen LogP contribution in [0.4, 0.5) is 5.69 Å². The highest BCUT2D eigenvalue weighted by atomic mass is 35.5. The molecule has 0 aromatic heterocycles. The third-order valence-electron chi connectivity index (χ3n) is 2.45. The van der Waals surface area contributed by atoms with E-state index in [1.165, 1.54) is 18.1 Å². The summed E-state index contributed by atoms with van der Waals surface area (Å²) in [7, 11) is 2.90. The first kappa shape index (κ1) is 14.3. The highest BCUT2D eigenvalue weighted by Gasteiger charge is 2.16. The number of methoxy groups -OCH3 is 1. The molecule has 5 nitrogen and oxygen atoms in total. The van der Waals surface area contributed by atoms with Crippen molar-refractivity contribution in [3.05, 3.63) is 28.8 Å². The van der Waals surface area contributed by atoms with Gasteiger partial charge in [0.15, 0.2) is 0 Å². The van der Waals surface area contributed by atoms with Gasteiger partial charge in [0.2, 0.25) is 0 Å². The van der Waals surface area contributed by atoms with Crippen LogP contribution in [-0.4, -0.2) is 37.5 Å². The lowest BCUT2D eigenvalue weighted by molar-refractivity contribution is -0.140. The van der Waals surface area contributed by atoms with Crippen molar-refractivity contribution in [2.75, 3.05) is 26.4 Å². The quantitative estimate of drug-likeness (QED) is 0.666. The molecule has 18 heavy (non-hydrogen) atoms. The van der Waals surface area contributed by atoms with Crippen molar-refractivity contribution in [2.24, 2.45) is 0 Å². The minimum absolute atomic E-state index is 0.144. The van der Waals surface area contributed by atoms with E-state index in [0.717, 1.165) is 0 Å². The number of nitrogens with zero attached hydrogens (tertiary/aromatic N) is 1. The lowest BCUT2D eigenvalue weighted by Crippen LogP contribution is -2.29. The number of amides is 1. The van der Waals surface area contributed by atoms with Crippen molar-refractivity contribution in [1.82, 2.24) is 4.90 Å². The number of carbonyl (C=O) groups is 2. The van der Waals surface area contributed by atoms with Crippen LogP contribution in [0, 0.1) is 0 Å². The van der Waals surface area contributed by atoms with Crippen molar-refractivity contribution in [2.45, 2.75) is 6.42 Å². The molecule has 0 bridgehead atoms. The molecule has 1 aromatic rings. The van der Waals surface area contributed by atoms with Crippen LogP contribution in [0.3, 0.4) is 0 Å². The summed E-state index contributed by atoms with van der Waals surface area (Å²) in [6, 6.07) is 4.69. The molecule has 1 amide bonds. The summed E-state index contributed by atoms with van der Waals surface area (Å²) in [5.74, 6) is -0.623. The maximum Gasteiger partial charge on any atom is 0.307 e. The van der Waals surface area contributed by atoms with Gasteiger partial charge < -0.3 is 15.4 Å². The molecule has 0 fully saturated rings. The van der Waals surface area contributed by atoms with Gasteiger partial charge in [-0.05, 0) is 18.2 Å². The van der Waals surface area contributed by atoms with Crippen molar-refractivity contribution in [3.8, 4) is 0 Å². The summed E-state index contributed by atoms with van der Waals surface area (Å²) in [6.45, 7) is 0.270. The van der Waals surface area contributed by atoms with E-state index in [2.05, 4.69) is 4.74 Å². The fourth-order valence-electron chi connectivity index (χ4n) is 1.37. The van der Waals surface area contributed by atoms with E-state index in [1.807, 2.05) is 0 Å². The fourth-order valence-corrected chi connectivity index (χ4v) is 1.64. The van der Waals surface area contributed by atoms with Crippen LogP contribution in [0.15, 0.2) is 18.2 Å². The summed E-state index contributed by atoms with van der Waals surface area (Å²) < 4.78 is 4.51. The molecule has 1 rings (SSSR count). The third-order valence-corrected chi connectivity index (χ3v) is 2.76. The largest absolute Gasteiger partial charge is 0.469 e. The van der Waals surface area contributed by atoms with Crippen molar-refractivity contribution >= 4 is 29.2 Å². The average Bonchev–Trinajstić information content (AvgIpc) is 2.34. The van der Waals surface area contributed by atoms with Gasteiger partial charge in [-0.15, -0.1) is 0 Å². The molecule has 0 atom stereocenters. The monoisotopic (exact) mass is 270 g/mol. The number of ether oxygens (including phenoxy) is 1. The number of nitrogen functional groups attached to an aromatic ring is 1. The molecular formula is C12H15ClN2O3. The van der Waals surface area contributed by atoms with Gasteiger partial charge in [-0.25, -0.2) is 0 Å². The lowest BCUT2D eigenvalue weighted by Gasteiger charge is -2.17. The minimum atomic E-state index is -0.363. The zero-order valence-corrected chi connectivity index (χ0v) is 11.0. The number of benzene rings is 1. The van der Waals surface area contributed by atoms with Crippen LogP contribution in [0.2, 0.25) is 5.02 Å². The van der Waals surface area contributed by atoms with E-state index in [1.54, 1.807) is 19.2 Å². The highest BCUT2D eigenvalue weighted by molar-refractivity contribution is 6.34. The van der Waals surface area contributed by atoms with Crippen LogP contribution < -0.4 is 5.73 Å². The Bertz CT molecular complexity index is 463. The molecule has 0 aliphatic rings. The predicted molar refractivity (Wildman–Crippen MR) is 69.5 cm³/mol. The van der Waals surface area contributed by atoms with E-state index in [9.17, 15) is 9.59 Å². The fraction of sp³-hybridized carbons (Fsp3) is 0.333. The zero-order chi connectivity index (χ0) is 13.7. The first-order valence-electron chi connectivity index (χ1n) is 5.33. The first-order chi connectivity index (χ1) is 8.45. The number of nitrogens with two attached hydrogens (primary N) is 1. The zero-order valence-electron chi connectivity index (χ0n) is 10.3. The minimum Gasteiger partial charge on any atom is -0.469 e. The van der Waals surface area contributed by atoms with Crippen LogP contribution in [0.5, 0.6) is 0 Å². The van der Waals surface area contributed by atoms with Crippen molar-refractivity contribution in [3.63, 3.8) is 0 Å². The maximum absolute atomic E-state index is 12.0. The third kappa shape index (κ3) is 3.63. The van der Waals surface area contributed by atoms with Gasteiger partial charge in [0.1, 0.15) is 0 Å². The normalized spacial score (nSPS) is 9.94. The maximum atomic E-state index is 12.0. The number of carbonyl (C=O) groups excluding carboxylic acids is 2. The number of hydrogen-bond acceptors (Lipinski definition) is 4. The summed E-state index contributed by atoms with van der Waals surface area (Å²) in [4.78, 5) is 24.4. The number of esters is 1. The predicted octanol–water partition coefficient (Wildman–Crippen LogP) is 1.56. The van der Waals surface area contributed by atoms with Gasteiger partial charge in [-0.1, -0.05) is 11.6 Å². The van der Waals surface area contributed by atoms with Crippen LogP contribution >= 0.6 is 11.6 Å². The molecule has 0 aliphatic carbocycles. The SMILES string of the molecule is COC(=O)CCN(C)C(=O)c1ccc(N)cc1Cl. The van der Waals surface area contributed by atoms with Crippen molar-refractivity contribution in [1.29, 1.82) is 0 Å². The summed E-state index contributed by atoms with van der Waals surface area (Å²) in [6.07, 6.45) is 0.144. The summed E-state index contributed by atoms with van der Waals surface area (Å²) in [5.41, 5.74) is 6.40. The number of anilines is 1. The molecule has 0 saturated carbocycles. The first-order valence-corrected chi connectivity index (χ1v) is 5.70. The van der Waals surface area contributed by atoms with Gasteiger partial charge in [0.25, 0.3) is 5.91 Å². The molecular weight excluding hydrogens is 256 g/mol. The average molecular weight is 271 g/mol.